The van der Waals surface area contributed by atoms with Crippen LogP contribution in [0.25, 0.3) is 22.3 Å². The summed E-state index contributed by atoms with van der Waals surface area (Å²) in [7, 11) is 0. The smallest absolute Gasteiger partial charge is 0.300 e. The topological polar surface area (TPSA) is 71.6 Å². The number of nitriles is 1. The molecule has 0 amide bonds. The molecule has 0 atom stereocenters. The summed E-state index contributed by atoms with van der Waals surface area (Å²) >= 11 is 0. The quantitative estimate of drug-likeness (QED) is 0.568. The fraction of sp³-hybridized carbons (Fsp3) is 0.300. The molecule has 0 aromatic carbocycles. The SMILES string of the molecule is N#CC1(c2cnc(-c3cc4ccc(=O)n(CC(F)(F)C(F)(F)F)c4cn3)c(F)c2)CC1. The molecule has 31 heavy (non-hydrogen) atoms. The molecular formula is C20H12F6N4O. The lowest BCUT2D eigenvalue weighted by Gasteiger charge is -2.21. The molecule has 4 rings (SSSR count). The van der Waals surface area contributed by atoms with Crippen LogP contribution in [0.4, 0.5) is 26.3 Å². The molecule has 1 aliphatic carbocycles. The van der Waals surface area contributed by atoms with E-state index in [1.165, 1.54) is 24.4 Å². The molecule has 160 valence electrons. The Morgan fingerprint density at radius 3 is 2.39 bits per heavy atom. The number of nitrogens with zero attached hydrogens (tertiary/aromatic N) is 4. The molecule has 0 saturated heterocycles. The second kappa shape index (κ2) is 6.80. The van der Waals surface area contributed by atoms with E-state index in [9.17, 15) is 36.4 Å². The van der Waals surface area contributed by atoms with Crippen molar-refractivity contribution in [2.45, 2.75) is 36.9 Å². The van der Waals surface area contributed by atoms with Gasteiger partial charge >= 0.3 is 12.1 Å². The molecule has 1 aliphatic rings. The fourth-order valence-corrected chi connectivity index (χ4v) is 3.25. The summed E-state index contributed by atoms with van der Waals surface area (Å²) in [5.74, 6) is -5.89. The second-order valence-electron chi connectivity index (χ2n) is 7.34. The van der Waals surface area contributed by atoms with E-state index in [2.05, 4.69) is 16.0 Å². The Kier molecular flexibility index (Phi) is 4.57. The summed E-state index contributed by atoms with van der Waals surface area (Å²) in [6.45, 7) is -1.91. The maximum Gasteiger partial charge on any atom is 0.455 e. The number of pyridine rings is 3. The van der Waals surface area contributed by atoms with E-state index in [4.69, 9.17) is 0 Å². The van der Waals surface area contributed by atoms with Gasteiger partial charge in [-0.1, -0.05) is 0 Å². The highest BCUT2D eigenvalue weighted by Crippen LogP contribution is 2.47. The predicted octanol–water partition coefficient (Wildman–Crippen LogP) is 4.35. The average molecular weight is 438 g/mol. The summed E-state index contributed by atoms with van der Waals surface area (Å²) in [6, 6.07) is 6.59. The molecule has 5 nitrogen and oxygen atoms in total. The first-order valence-corrected chi connectivity index (χ1v) is 8.99. The minimum absolute atomic E-state index is 0.00821. The average Bonchev–Trinajstić information content (AvgIpc) is 3.50. The van der Waals surface area contributed by atoms with E-state index in [-0.39, 0.29) is 26.9 Å². The molecule has 1 saturated carbocycles. The highest BCUT2D eigenvalue weighted by molar-refractivity contribution is 5.82. The van der Waals surface area contributed by atoms with E-state index in [0.717, 1.165) is 12.3 Å². The van der Waals surface area contributed by atoms with Gasteiger partial charge in [-0.05, 0) is 36.6 Å². The molecular weight excluding hydrogens is 426 g/mol. The Bertz CT molecular complexity index is 1290. The Morgan fingerprint density at radius 1 is 1.10 bits per heavy atom. The largest absolute Gasteiger partial charge is 0.455 e. The molecule has 1 fully saturated rings. The molecule has 0 bridgehead atoms. The van der Waals surface area contributed by atoms with Crippen LogP contribution in [0.5, 0.6) is 0 Å². The lowest BCUT2D eigenvalue weighted by molar-refractivity contribution is -0.286. The maximum absolute atomic E-state index is 14.6. The first-order valence-electron chi connectivity index (χ1n) is 8.99. The number of aromatic nitrogens is 3. The minimum Gasteiger partial charge on any atom is -0.300 e. The van der Waals surface area contributed by atoms with Gasteiger partial charge in [0.25, 0.3) is 5.56 Å². The number of hydrogen-bond donors (Lipinski definition) is 0. The van der Waals surface area contributed by atoms with Gasteiger partial charge in [0.2, 0.25) is 0 Å². The van der Waals surface area contributed by atoms with Crippen molar-refractivity contribution in [2.75, 3.05) is 0 Å². The number of alkyl halides is 5. The van der Waals surface area contributed by atoms with E-state index in [1.807, 2.05) is 0 Å². The van der Waals surface area contributed by atoms with Gasteiger partial charge in [-0.2, -0.15) is 27.2 Å². The zero-order valence-electron chi connectivity index (χ0n) is 15.6. The van der Waals surface area contributed by atoms with Gasteiger partial charge < -0.3 is 4.57 Å². The molecule has 0 aliphatic heterocycles. The van der Waals surface area contributed by atoms with Crippen molar-refractivity contribution in [3.8, 4) is 17.5 Å². The predicted molar refractivity (Wildman–Crippen MR) is 96.7 cm³/mol. The molecule has 0 N–H and O–H groups in total. The summed E-state index contributed by atoms with van der Waals surface area (Å²) < 4.78 is 79.6. The lowest BCUT2D eigenvalue weighted by Crippen LogP contribution is -2.42. The third-order valence-corrected chi connectivity index (χ3v) is 5.25. The second-order valence-corrected chi connectivity index (χ2v) is 7.34. The van der Waals surface area contributed by atoms with E-state index in [1.54, 1.807) is 0 Å². The molecule has 3 aromatic rings. The molecule has 0 radical (unpaired) electrons. The van der Waals surface area contributed by atoms with Gasteiger partial charge in [0.05, 0.1) is 35.4 Å². The van der Waals surface area contributed by atoms with Crippen LogP contribution >= 0.6 is 0 Å². The molecule has 0 unspecified atom stereocenters. The van der Waals surface area contributed by atoms with Gasteiger partial charge in [0, 0.05) is 17.6 Å². The zero-order chi connectivity index (χ0) is 22.6. The normalized spacial score (nSPS) is 15.6. The number of halogens is 6. The van der Waals surface area contributed by atoms with Gasteiger partial charge in [-0.3, -0.25) is 14.8 Å². The Labute approximate surface area is 170 Å². The highest BCUT2D eigenvalue weighted by atomic mass is 19.4. The van der Waals surface area contributed by atoms with Crippen LogP contribution in [0.3, 0.4) is 0 Å². The minimum atomic E-state index is -5.83. The third kappa shape index (κ3) is 3.52. The van der Waals surface area contributed by atoms with Crippen LogP contribution in [-0.2, 0) is 12.0 Å². The van der Waals surface area contributed by atoms with E-state index in [0.29, 0.717) is 18.4 Å². The first-order chi connectivity index (χ1) is 14.5. The van der Waals surface area contributed by atoms with Gasteiger partial charge in [-0.15, -0.1) is 0 Å². The Balaban J connectivity index is 1.76. The first kappa shape index (κ1) is 20.8. The summed E-state index contributed by atoms with van der Waals surface area (Å²) in [6.07, 6.45) is -2.37. The van der Waals surface area contributed by atoms with Crippen LogP contribution in [0.2, 0.25) is 0 Å². The van der Waals surface area contributed by atoms with E-state index >= 15 is 0 Å². The fourth-order valence-electron chi connectivity index (χ4n) is 3.25. The standard InChI is InChI=1S/C20H12F6N4O/c21-13-6-12(18(9-27)3-4-18)7-29-17(13)14-5-11-1-2-16(31)30(15(11)8-28-14)10-19(22,23)20(24,25)26/h1-2,5-8H,3-4,10H2. The maximum atomic E-state index is 14.6. The van der Waals surface area contributed by atoms with E-state index < -0.39 is 35.4 Å². The van der Waals surface area contributed by atoms with Crippen LogP contribution in [0.15, 0.2) is 41.5 Å². The van der Waals surface area contributed by atoms with Crippen molar-refractivity contribution in [1.82, 2.24) is 14.5 Å². The zero-order valence-corrected chi connectivity index (χ0v) is 15.6. The van der Waals surface area contributed by atoms with Crippen molar-refractivity contribution in [3.05, 3.63) is 58.4 Å². The third-order valence-electron chi connectivity index (χ3n) is 5.25. The van der Waals surface area contributed by atoms with Crippen molar-refractivity contribution in [2.24, 2.45) is 0 Å². The number of fused-ring (bicyclic) bond motifs is 1. The number of hydrogen-bond acceptors (Lipinski definition) is 4. The van der Waals surface area contributed by atoms with Crippen LogP contribution < -0.4 is 5.56 Å². The monoisotopic (exact) mass is 438 g/mol. The lowest BCUT2D eigenvalue weighted by atomic mass is 9.99. The highest BCUT2D eigenvalue weighted by Gasteiger charge is 2.57. The van der Waals surface area contributed by atoms with Gasteiger partial charge in [0.1, 0.15) is 5.69 Å². The van der Waals surface area contributed by atoms with Crippen LogP contribution in [-0.4, -0.2) is 26.6 Å². The van der Waals surface area contributed by atoms with Gasteiger partial charge in [0.15, 0.2) is 5.82 Å². The van der Waals surface area contributed by atoms with Crippen LogP contribution in [0, 0.1) is 17.1 Å². The Morgan fingerprint density at radius 2 is 1.81 bits per heavy atom. The molecule has 3 heterocycles. The van der Waals surface area contributed by atoms with Crippen molar-refractivity contribution >= 4 is 10.9 Å². The van der Waals surface area contributed by atoms with Crippen molar-refractivity contribution in [1.29, 1.82) is 5.26 Å². The Hall–Kier alpha value is -3.42. The molecule has 3 aromatic heterocycles. The summed E-state index contributed by atoms with van der Waals surface area (Å²) in [5.41, 5.74) is -1.84. The summed E-state index contributed by atoms with van der Waals surface area (Å²) in [4.78, 5) is 19.9. The summed E-state index contributed by atoms with van der Waals surface area (Å²) in [5, 5.41) is 9.32. The van der Waals surface area contributed by atoms with Crippen molar-refractivity contribution < 1.29 is 26.3 Å². The molecule has 0 spiro atoms. The number of rotatable bonds is 4. The van der Waals surface area contributed by atoms with Crippen molar-refractivity contribution in [3.63, 3.8) is 0 Å². The van der Waals surface area contributed by atoms with Gasteiger partial charge in [-0.25, -0.2) is 4.39 Å². The van der Waals surface area contributed by atoms with Crippen LogP contribution in [0.1, 0.15) is 18.4 Å². The molecule has 11 heteroatoms.